The lowest BCUT2D eigenvalue weighted by Crippen LogP contribution is -2.28. The maximum Gasteiger partial charge on any atom is 0.251 e. The van der Waals surface area contributed by atoms with Crippen molar-refractivity contribution in [3.63, 3.8) is 0 Å². The van der Waals surface area contributed by atoms with E-state index in [-0.39, 0.29) is 11.8 Å². The van der Waals surface area contributed by atoms with Crippen LogP contribution >= 0.6 is 11.6 Å². The van der Waals surface area contributed by atoms with E-state index in [4.69, 9.17) is 21.1 Å². The summed E-state index contributed by atoms with van der Waals surface area (Å²) >= 11 is 5.93. The van der Waals surface area contributed by atoms with Crippen LogP contribution in [0.2, 0.25) is 5.02 Å². The fraction of sp³-hybridized carbons (Fsp3) is 0.259. The minimum Gasteiger partial charge on any atom is -0.491 e. The summed E-state index contributed by atoms with van der Waals surface area (Å²) in [4.78, 5) is 25.2. The highest BCUT2D eigenvalue weighted by atomic mass is 35.5. The summed E-state index contributed by atoms with van der Waals surface area (Å²) in [5, 5.41) is 6.53. The van der Waals surface area contributed by atoms with Crippen molar-refractivity contribution in [2.75, 3.05) is 32.9 Å². The van der Waals surface area contributed by atoms with Crippen molar-refractivity contribution in [1.82, 2.24) is 10.6 Å². The first-order chi connectivity index (χ1) is 16.6. The second-order valence-electron chi connectivity index (χ2n) is 8.05. The van der Waals surface area contributed by atoms with Gasteiger partial charge in [-0.3, -0.25) is 9.59 Å². The van der Waals surface area contributed by atoms with Gasteiger partial charge in [0.05, 0.1) is 13.2 Å². The van der Waals surface area contributed by atoms with Gasteiger partial charge in [0.15, 0.2) is 0 Å². The molecule has 4 rings (SSSR count). The molecule has 0 unspecified atom stereocenters. The van der Waals surface area contributed by atoms with Crippen LogP contribution in [0.25, 0.3) is 0 Å². The molecule has 0 saturated heterocycles. The summed E-state index contributed by atoms with van der Waals surface area (Å²) in [6.07, 6.45) is 1.25. The average Bonchev–Trinajstić information content (AvgIpc) is 2.85. The number of benzene rings is 3. The molecular formula is C27H27ClN2O4. The summed E-state index contributed by atoms with van der Waals surface area (Å²) in [5.41, 5.74) is 4.09. The van der Waals surface area contributed by atoms with E-state index in [0.29, 0.717) is 67.7 Å². The lowest BCUT2D eigenvalue weighted by molar-refractivity contribution is 0.0865. The van der Waals surface area contributed by atoms with Gasteiger partial charge in [-0.05, 0) is 65.6 Å². The fourth-order valence-corrected chi connectivity index (χ4v) is 3.89. The van der Waals surface area contributed by atoms with Crippen LogP contribution in [0.15, 0.2) is 66.7 Å². The van der Waals surface area contributed by atoms with E-state index in [1.54, 1.807) is 12.1 Å². The lowest BCUT2D eigenvalue weighted by Gasteiger charge is -2.15. The number of hydrogen-bond donors (Lipinski definition) is 2. The Hall–Kier alpha value is -3.35. The van der Waals surface area contributed by atoms with E-state index in [0.717, 1.165) is 16.7 Å². The van der Waals surface area contributed by atoms with Crippen LogP contribution in [0.1, 0.15) is 37.4 Å². The monoisotopic (exact) mass is 478 g/mol. The number of amides is 2. The molecule has 1 aliphatic heterocycles. The predicted molar refractivity (Wildman–Crippen MR) is 132 cm³/mol. The highest BCUT2D eigenvalue weighted by Crippen LogP contribution is 2.24. The first-order valence-electron chi connectivity index (χ1n) is 11.3. The molecule has 7 heteroatoms. The van der Waals surface area contributed by atoms with E-state index in [1.165, 1.54) is 0 Å². The van der Waals surface area contributed by atoms with Crippen LogP contribution in [-0.2, 0) is 17.6 Å². The highest BCUT2D eigenvalue weighted by molar-refractivity contribution is 6.30. The molecule has 2 amide bonds. The maximum atomic E-state index is 12.8. The molecule has 1 aliphatic rings. The van der Waals surface area contributed by atoms with Crippen LogP contribution in [0, 0.1) is 0 Å². The third-order valence-corrected chi connectivity index (χ3v) is 5.79. The quantitative estimate of drug-likeness (QED) is 0.593. The molecule has 0 saturated carbocycles. The molecule has 0 radical (unpaired) electrons. The SMILES string of the molecule is O=C1NCCOCCOc2ccc(C(=O)NCCc3ccc(Cl)cc3)cc2Cc2cccc1c2. The number of nitrogens with one attached hydrogen (secondary N) is 2. The molecule has 0 aromatic heterocycles. The van der Waals surface area contributed by atoms with Gasteiger partial charge in [-0.15, -0.1) is 0 Å². The first kappa shape index (κ1) is 23.8. The normalized spacial score (nSPS) is 14.2. The zero-order chi connectivity index (χ0) is 23.8. The Morgan fingerprint density at radius 1 is 1.00 bits per heavy atom. The van der Waals surface area contributed by atoms with Crippen molar-refractivity contribution in [2.24, 2.45) is 0 Å². The second kappa shape index (κ2) is 11.7. The molecule has 0 spiro atoms. The average molecular weight is 479 g/mol. The molecule has 34 heavy (non-hydrogen) atoms. The number of fused-ring (bicyclic) bond motifs is 3. The number of carbonyl (C=O) groups excluding carboxylic acids is 2. The largest absolute Gasteiger partial charge is 0.491 e. The van der Waals surface area contributed by atoms with Crippen molar-refractivity contribution < 1.29 is 19.1 Å². The smallest absolute Gasteiger partial charge is 0.251 e. The lowest BCUT2D eigenvalue weighted by atomic mass is 9.99. The van der Waals surface area contributed by atoms with Gasteiger partial charge in [0.1, 0.15) is 12.4 Å². The van der Waals surface area contributed by atoms with Crippen molar-refractivity contribution in [3.8, 4) is 5.75 Å². The molecule has 0 aliphatic carbocycles. The molecule has 1 heterocycles. The predicted octanol–water partition coefficient (Wildman–Crippen LogP) is 4.04. The van der Waals surface area contributed by atoms with Gasteiger partial charge in [0, 0.05) is 35.7 Å². The van der Waals surface area contributed by atoms with Crippen LogP contribution in [0.4, 0.5) is 0 Å². The first-order valence-corrected chi connectivity index (χ1v) is 11.7. The molecule has 2 N–H and O–H groups in total. The molecule has 0 fully saturated rings. The van der Waals surface area contributed by atoms with Crippen LogP contribution in [-0.4, -0.2) is 44.7 Å². The summed E-state index contributed by atoms with van der Waals surface area (Å²) in [5.74, 6) is 0.425. The summed E-state index contributed by atoms with van der Waals surface area (Å²) in [7, 11) is 0. The number of halogens is 1. The molecule has 2 bridgehead atoms. The Labute approximate surface area is 204 Å². The van der Waals surface area contributed by atoms with Crippen molar-refractivity contribution in [3.05, 3.63) is 99.6 Å². The Balaban J connectivity index is 1.50. The van der Waals surface area contributed by atoms with Crippen LogP contribution in [0.3, 0.4) is 0 Å². The van der Waals surface area contributed by atoms with E-state index in [1.807, 2.05) is 54.6 Å². The van der Waals surface area contributed by atoms with Gasteiger partial charge in [0.2, 0.25) is 0 Å². The van der Waals surface area contributed by atoms with E-state index in [2.05, 4.69) is 10.6 Å². The Kier molecular flexibility index (Phi) is 8.17. The standard InChI is InChI=1S/C27H27ClN2O4/c28-24-7-4-19(5-8-24)10-11-29-27(32)22-6-9-25-23(18-22)17-20-2-1-3-21(16-20)26(31)30-12-13-33-14-15-34-25/h1-9,16,18H,10-15,17H2,(H,29,32)(H,30,31). The van der Waals surface area contributed by atoms with E-state index < -0.39 is 0 Å². The Bertz CT molecular complexity index is 1150. The van der Waals surface area contributed by atoms with Crippen LogP contribution in [0.5, 0.6) is 5.75 Å². The van der Waals surface area contributed by atoms with Gasteiger partial charge >= 0.3 is 0 Å². The van der Waals surface area contributed by atoms with Gasteiger partial charge in [-0.1, -0.05) is 35.9 Å². The van der Waals surface area contributed by atoms with Gasteiger partial charge in [0.25, 0.3) is 11.8 Å². The van der Waals surface area contributed by atoms with Gasteiger partial charge < -0.3 is 20.1 Å². The molecule has 0 atom stereocenters. The third kappa shape index (κ3) is 6.59. The Morgan fingerprint density at radius 3 is 2.71 bits per heavy atom. The Morgan fingerprint density at radius 2 is 1.85 bits per heavy atom. The van der Waals surface area contributed by atoms with Crippen molar-refractivity contribution in [2.45, 2.75) is 12.8 Å². The summed E-state index contributed by atoms with van der Waals surface area (Å²) in [6.45, 7) is 2.16. The summed E-state index contributed by atoms with van der Waals surface area (Å²) < 4.78 is 11.5. The molecule has 3 aromatic rings. The third-order valence-electron chi connectivity index (χ3n) is 5.54. The molecule has 6 nitrogen and oxygen atoms in total. The van der Waals surface area contributed by atoms with Gasteiger partial charge in [-0.2, -0.15) is 0 Å². The van der Waals surface area contributed by atoms with E-state index in [9.17, 15) is 9.59 Å². The van der Waals surface area contributed by atoms with Crippen LogP contribution < -0.4 is 15.4 Å². The number of hydrogen-bond acceptors (Lipinski definition) is 4. The fourth-order valence-electron chi connectivity index (χ4n) is 3.77. The highest BCUT2D eigenvalue weighted by Gasteiger charge is 2.13. The number of ether oxygens (including phenoxy) is 2. The number of rotatable bonds is 4. The molecule has 176 valence electrons. The zero-order valence-corrected chi connectivity index (χ0v) is 19.6. The van der Waals surface area contributed by atoms with Crippen molar-refractivity contribution in [1.29, 1.82) is 0 Å². The van der Waals surface area contributed by atoms with E-state index >= 15 is 0 Å². The molecular weight excluding hydrogens is 452 g/mol. The van der Waals surface area contributed by atoms with Gasteiger partial charge in [-0.25, -0.2) is 0 Å². The minimum atomic E-state index is -0.146. The summed E-state index contributed by atoms with van der Waals surface area (Å²) in [6, 6.07) is 20.5. The van der Waals surface area contributed by atoms with Crippen molar-refractivity contribution >= 4 is 23.4 Å². The minimum absolute atomic E-state index is 0.132. The maximum absolute atomic E-state index is 12.8. The second-order valence-corrected chi connectivity index (χ2v) is 8.49. The number of carbonyl (C=O) groups is 2. The molecule has 3 aromatic carbocycles. The zero-order valence-electron chi connectivity index (χ0n) is 18.8. The topological polar surface area (TPSA) is 76.7 Å².